The molecule has 0 bridgehead atoms. The number of hydrogen-bond acceptors (Lipinski definition) is 5. The van der Waals surface area contributed by atoms with Crippen LogP contribution in [0.15, 0.2) is 42.9 Å². The predicted octanol–water partition coefficient (Wildman–Crippen LogP) is 2.86. The second kappa shape index (κ2) is 5.29. The van der Waals surface area contributed by atoms with Gasteiger partial charge in [0.05, 0.1) is 11.9 Å². The van der Waals surface area contributed by atoms with E-state index in [9.17, 15) is 0 Å². The monoisotopic (exact) mass is 294 g/mol. The lowest BCUT2D eigenvalue weighted by Gasteiger charge is -2.23. The van der Waals surface area contributed by atoms with E-state index in [2.05, 4.69) is 33.3 Å². The zero-order chi connectivity index (χ0) is 14.9. The van der Waals surface area contributed by atoms with Crippen LogP contribution in [-0.2, 0) is 0 Å². The van der Waals surface area contributed by atoms with E-state index in [0.717, 1.165) is 29.5 Å². The van der Waals surface area contributed by atoms with Crippen molar-refractivity contribution in [2.45, 2.75) is 25.8 Å². The minimum Gasteiger partial charge on any atom is -0.354 e. The third kappa shape index (κ3) is 2.26. The fraction of sp³-hybridized carbons (Fsp3) is 0.312. The van der Waals surface area contributed by atoms with Gasteiger partial charge in [-0.15, -0.1) is 0 Å². The lowest BCUT2D eigenvalue weighted by molar-refractivity contribution is 0.727. The summed E-state index contributed by atoms with van der Waals surface area (Å²) in [5.41, 5.74) is 1.70. The second-order valence-corrected chi connectivity index (χ2v) is 5.63. The molecule has 0 radical (unpaired) electrons. The quantitative estimate of drug-likeness (QED) is 0.805. The van der Waals surface area contributed by atoms with Crippen molar-refractivity contribution in [3.63, 3.8) is 0 Å². The maximum absolute atomic E-state index is 4.75. The molecule has 0 saturated carbocycles. The molecule has 4 rings (SSSR count). The first-order valence-corrected chi connectivity index (χ1v) is 7.60. The number of fused-ring (bicyclic) bond motifs is 1. The van der Waals surface area contributed by atoms with E-state index < -0.39 is 0 Å². The highest BCUT2D eigenvalue weighted by Crippen LogP contribution is 2.26. The van der Waals surface area contributed by atoms with Crippen LogP contribution >= 0.6 is 0 Å². The summed E-state index contributed by atoms with van der Waals surface area (Å²) in [5.74, 6) is 1.86. The van der Waals surface area contributed by atoms with Crippen LogP contribution in [-0.4, -0.2) is 32.2 Å². The van der Waals surface area contributed by atoms with E-state index in [4.69, 9.17) is 4.98 Å². The molecule has 1 fully saturated rings. The lowest BCUT2D eigenvalue weighted by atomic mass is 10.2. The molecule has 4 heterocycles. The molecule has 3 aromatic heterocycles. The summed E-state index contributed by atoms with van der Waals surface area (Å²) in [6.45, 7) is 3.34. The molecule has 0 aromatic carbocycles. The first-order chi connectivity index (χ1) is 10.8. The molecule has 1 atom stereocenters. The number of imidazole rings is 1. The fourth-order valence-corrected chi connectivity index (χ4v) is 3.00. The highest BCUT2D eigenvalue weighted by Gasteiger charge is 2.21. The van der Waals surface area contributed by atoms with Gasteiger partial charge in [-0.3, -0.25) is 0 Å². The van der Waals surface area contributed by atoms with Crippen LogP contribution < -0.4 is 10.2 Å². The smallest absolute Gasteiger partial charge is 0.177 e. The molecule has 1 saturated heterocycles. The van der Waals surface area contributed by atoms with Gasteiger partial charge in [-0.2, -0.15) is 5.10 Å². The number of nitrogens with zero attached hydrogens (tertiary/aromatic N) is 5. The third-order valence-electron chi connectivity index (χ3n) is 4.14. The number of rotatable bonds is 3. The van der Waals surface area contributed by atoms with Gasteiger partial charge in [0.2, 0.25) is 0 Å². The number of aromatic nitrogens is 4. The van der Waals surface area contributed by atoms with Crippen LogP contribution in [0, 0.1) is 0 Å². The maximum Gasteiger partial charge on any atom is 0.177 e. The van der Waals surface area contributed by atoms with Crippen LogP contribution in [0.4, 0.5) is 17.3 Å². The highest BCUT2D eigenvalue weighted by molar-refractivity contribution is 5.72. The molecule has 0 unspecified atom stereocenters. The van der Waals surface area contributed by atoms with Crippen LogP contribution in [0.3, 0.4) is 0 Å². The Morgan fingerprint density at radius 2 is 2.18 bits per heavy atom. The Kier molecular flexibility index (Phi) is 3.14. The number of pyridine rings is 1. The molecule has 1 aliphatic heterocycles. The summed E-state index contributed by atoms with van der Waals surface area (Å²) in [5, 5.41) is 7.57. The molecule has 0 aliphatic carbocycles. The normalized spacial score (nSPS) is 18.0. The molecule has 0 spiro atoms. The minimum absolute atomic E-state index is 0.558. The van der Waals surface area contributed by atoms with Gasteiger partial charge in [0.1, 0.15) is 11.6 Å². The summed E-state index contributed by atoms with van der Waals surface area (Å²) in [6.07, 6.45) is 7.79. The average Bonchev–Trinajstić information content (AvgIpc) is 3.17. The summed E-state index contributed by atoms with van der Waals surface area (Å²) >= 11 is 0. The topological polar surface area (TPSA) is 58.4 Å². The van der Waals surface area contributed by atoms with E-state index >= 15 is 0 Å². The second-order valence-electron chi connectivity index (χ2n) is 5.63. The van der Waals surface area contributed by atoms with Gasteiger partial charge in [0.25, 0.3) is 0 Å². The predicted molar refractivity (Wildman–Crippen MR) is 86.5 cm³/mol. The first kappa shape index (κ1) is 13.1. The van der Waals surface area contributed by atoms with E-state index in [1.807, 2.05) is 24.4 Å². The van der Waals surface area contributed by atoms with Crippen molar-refractivity contribution < 1.29 is 0 Å². The summed E-state index contributed by atoms with van der Waals surface area (Å²) in [6, 6.07) is 8.56. The highest BCUT2D eigenvalue weighted by atomic mass is 15.3. The standard InChI is InChI=1S/C16H18N6/c1-12-4-3-10-21(12)15-6-2-5-14(20-15)19-13-7-8-18-22-11-9-17-16(13)22/h2,5-9,11-12H,3-4,10H2,1H3,(H,19,20)/t12-/m0/s1. The van der Waals surface area contributed by atoms with Gasteiger partial charge in [0, 0.05) is 25.0 Å². The Labute approximate surface area is 128 Å². The number of anilines is 3. The molecule has 0 amide bonds. The molecular formula is C16H18N6. The van der Waals surface area contributed by atoms with Gasteiger partial charge < -0.3 is 10.2 Å². The van der Waals surface area contributed by atoms with E-state index in [0.29, 0.717) is 6.04 Å². The van der Waals surface area contributed by atoms with Crippen molar-refractivity contribution in [1.82, 2.24) is 19.6 Å². The van der Waals surface area contributed by atoms with Gasteiger partial charge in [-0.05, 0) is 38.0 Å². The molecule has 3 aromatic rings. The molecule has 112 valence electrons. The molecule has 1 N–H and O–H groups in total. The SMILES string of the molecule is C[C@H]1CCCN1c1cccc(Nc2ccnn3ccnc23)n1. The van der Waals surface area contributed by atoms with E-state index in [1.165, 1.54) is 12.8 Å². The Hall–Kier alpha value is -2.63. The van der Waals surface area contributed by atoms with Crippen molar-refractivity contribution in [2.75, 3.05) is 16.8 Å². The van der Waals surface area contributed by atoms with Crippen molar-refractivity contribution in [3.8, 4) is 0 Å². The van der Waals surface area contributed by atoms with Crippen LogP contribution in [0.1, 0.15) is 19.8 Å². The maximum atomic E-state index is 4.75. The fourth-order valence-electron chi connectivity index (χ4n) is 3.00. The molecule has 6 heteroatoms. The number of hydrogen-bond donors (Lipinski definition) is 1. The largest absolute Gasteiger partial charge is 0.354 e. The Balaban J connectivity index is 1.64. The van der Waals surface area contributed by atoms with Crippen LogP contribution in [0.25, 0.3) is 5.65 Å². The van der Waals surface area contributed by atoms with Crippen molar-refractivity contribution in [2.24, 2.45) is 0 Å². The van der Waals surface area contributed by atoms with Crippen LogP contribution in [0.2, 0.25) is 0 Å². The molecule has 22 heavy (non-hydrogen) atoms. The van der Waals surface area contributed by atoms with Gasteiger partial charge in [-0.25, -0.2) is 14.5 Å². The molecule has 6 nitrogen and oxygen atoms in total. The van der Waals surface area contributed by atoms with Crippen LogP contribution in [0.5, 0.6) is 0 Å². The third-order valence-corrected chi connectivity index (χ3v) is 4.14. The lowest BCUT2D eigenvalue weighted by Crippen LogP contribution is -2.27. The minimum atomic E-state index is 0.558. The Bertz CT molecular complexity index is 796. The van der Waals surface area contributed by atoms with E-state index in [-0.39, 0.29) is 0 Å². The Morgan fingerprint density at radius 3 is 3.05 bits per heavy atom. The van der Waals surface area contributed by atoms with E-state index in [1.54, 1.807) is 16.9 Å². The van der Waals surface area contributed by atoms with Crippen molar-refractivity contribution in [1.29, 1.82) is 0 Å². The Morgan fingerprint density at radius 1 is 1.23 bits per heavy atom. The van der Waals surface area contributed by atoms with Gasteiger partial charge in [-0.1, -0.05) is 6.07 Å². The van der Waals surface area contributed by atoms with Gasteiger partial charge in [0.15, 0.2) is 5.65 Å². The summed E-state index contributed by atoms with van der Waals surface area (Å²) in [4.78, 5) is 11.4. The average molecular weight is 294 g/mol. The zero-order valence-electron chi connectivity index (χ0n) is 12.5. The van der Waals surface area contributed by atoms with Crippen molar-refractivity contribution in [3.05, 3.63) is 42.9 Å². The van der Waals surface area contributed by atoms with Gasteiger partial charge >= 0.3 is 0 Å². The summed E-state index contributed by atoms with van der Waals surface area (Å²) < 4.78 is 1.74. The number of nitrogens with one attached hydrogen (secondary N) is 1. The first-order valence-electron chi connectivity index (χ1n) is 7.60. The molecule has 1 aliphatic rings. The summed E-state index contributed by atoms with van der Waals surface area (Å²) in [7, 11) is 0. The zero-order valence-corrected chi connectivity index (χ0v) is 12.5. The van der Waals surface area contributed by atoms with Crippen molar-refractivity contribution >= 4 is 23.0 Å². The molecular weight excluding hydrogens is 276 g/mol.